The Morgan fingerprint density at radius 2 is 2.14 bits per heavy atom. The average molecular weight is 493 g/mol. The van der Waals surface area contributed by atoms with E-state index in [1.807, 2.05) is 32.9 Å². The zero-order valence-corrected chi connectivity index (χ0v) is 20.5. The number of aromatic nitrogens is 5. The van der Waals surface area contributed by atoms with Gasteiger partial charge in [0.05, 0.1) is 11.9 Å². The molecule has 4 heterocycles. The number of nitrogens with zero attached hydrogens (tertiary/aromatic N) is 5. The van der Waals surface area contributed by atoms with Crippen LogP contribution in [-0.4, -0.2) is 55.8 Å². The molecule has 1 aromatic carbocycles. The molecule has 10 nitrogen and oxygen atoms in total. The van der Waals surface area contributed by atoms with Crippen LogP contribution in [-0.2, 0) is 23.3 Å². The molecule has 1 aliphatic rings. The number of pyridine rings is 1. The highest BCUT2D eigenvalue weighted by molar-refractivity contribution is 6.00. The molecule has 11 heteroatoms. The average Bonchev–Trinajstić information content (AvgIpc) is 3.60. The van der Waals surface area contributed by atoms with Crippen LogP contribution in [0.15, 0.2) is 35.0 Å². The predicted molar refractivity (Wildman–Crippen MR) is 132 cm³/mol. The lowest BCUT2D eigenvalue weighted by Gasteiger charge is -2.13. The summed E-state index contributed by atoms with van der Waals surface area (Å²) in [6.45, 7) is 8.03. The Kier molecular flexibility index (Phi) is 6.40. The number of likely N-dealkylation sites (tertiary alicyclic amines) is 1. The van der Waals surface area contributed by atoms with E-state index in [4.69, 9.17) is 4.52 Å². The molecule has 1 aliphatic heterocycles. The lowest BCUT2D eigenvalue weighted by Crippen LogP contribution is -2.25. The maximum Gasteiger partial charge on any atom is 0.232 e. The van der Waals surface area contributed by atoms with Crippen molar-refractivity contribution in [3.05, 3.63) is 53.6 Å². The van der Waals surface area contributed by atoms with Crippen LogP contribution in [0.2, 0.25) is 0 Å². The molecule has 3 aromatic heterocycles. The number of carbonyl (C=O) groups is 1. The van der Waals surface area contributed by atoms with E-state index in [0.717, 1.165) is 29.3 Å². The van der Waals surface area contributed by atoms with Crippen molar-refractivity contribution in [2.24, 2.45) is 0 Å². The molecular weight excluding hydrogens is 463 g/mol. The smallest absolute Gasteiger partial charge is 0.232 e. The van der Waals surface area contributed by atoms with Crippen LogP contribution < -0.4 is 10.6 Å². The number of halogens is 1. The third-order valence-corrected chi connectivity index (χ3v) is 6.24. The second kappa shape index (κ2) is 9.65. The summed E-state index contributed by atoms with van der Waals surface area (Å²) in [5, 5.41) is 18.7. The maximum absolute atomic E-state index is 15.1. The number of H-pyrrole nitrogens is 1. The number of fused-ring (bicyclic) bond motifs is 1. The van der Waals surface area contributed by atoms with Crippen molar-refractivity contribution in [1.29, 1.82) is 0 Å². The van der Waals surface area contributed by atoms with Crippen LogP contribution in [0.1, 0.15) is 44.5 Å². The largest absolute Gasteiger partial charge is 0.363 e. The standard InChI is InChI=1S/C25H29FN8O2/c1-25(2,3)24-30-20(33-36-24)12-27-11-16-5-4-15(10-19(16)26)18-6-8-28-22-21(18)23(32-31-22)29-17-7-9-34(13-17)14-35/h4-6,8,10,14,17,27H,7,9,11-13H2,1-3H3,(H2,28,29,31,32)/t17-/m0/s1. The van der Waals surface area contributed by atoms with E-state index in [0.29, 0.717) is 54.9 Å². The van der Waals surface area contributed by atoms with Crippen LogP contribution in [0.4, 0.5) is 10.2 Å². The molecular formula is C25H29FN8O2. The zero-order valence-electron chi connectivity index (χ0n) is 20.5. The predicted octanol–water partition coefficient (Wildman–Crippen LogP) is 3.38. The van der Waals surface area contributed by atoms with Gasteiger partial charge in [-0.25, -0.2) is 9.37 Å². The van der Waals surface area contributed by atoms with Gasteiger partial charge in [0.1, 0.15) is 5.82 Å². The van der Waals surface area contributed by atoms with Gasteiger partial charge in [-0.3, -0.25) is 9.89 Å². The zero-order chi connectivity index (χ0) is 25.3. The number of anilines is 1. The SMILES string of the molecule is CC(C)(C)c1nc(CNCc2ccc(-c3ccnc4[nH]nc(N[C@H]5CCN(C=O)C5)c34)cc2F)no1. The van der Waals surface area contributed by atoms with E-state index >= 15 is 4.39 Å². The van der Waals surface area contributed by atoms with Gasteiger partial charge < -0.3 is 20.1 Å². The highest BCUT2D eigenvalue weighted by Crippen LogP contribution is 2.33. The van der Waals surface area contributed by atoms with Gasteiger partial charge in [-0.2, -0.15) is 10.1 Å². The molecule has 1 amide bonds. The van der Waals surface area contributed by atoms with Gasteiger partial charge in [0.15, 0.2) is 17.3 Å². The van der Waals surface area contributed by atoms with E-state index in [2.05, 4.69) is 36.0 Å². The molecule has 0 unspecified atom stereocenters. The number of hydrogen-bond donors (Lipinski definition) is 3. The van der Waals surface area contributed by atoms with Crippen LogP contribution in [0.5, 0.6) is 0 Å². The Morgan fingerprint density at radius 3 is 2.86 bits per heavy atom. The molecule has 3 N–H and O–H groups in total. The van der Waals surface area contributed by atoms with Crippen molar-refractivity contribution in [2.45, 2.75) is 51.7 Å². The number of rotatable bonds is 8. The van der Waals surface area contributed by atoms with Gasteiger partial charge in [-0.15, -0.1) is 0 Å². The lowest BCUT2D eigenvalue weighted by molar-refractivity contribution is -0.117. The van der Waals surface area contributed by atoms with Crippen molar-refractivity contribution >= 4 is 23.3 Å². The topological polar surface area (TPSA) is 125 Å². The lowest BCUT2D eigenvalue weighted by atomic mass is 9.97. The third kappa shape index (κ3) is 4.92. The van der Waals surface area contributed by atoms with E-state index in [9.17, 15) is 4.79 Å². The molecule has 1 saturated heterocycles. The summed E-state index contributed by atoms with van der Waals surface area (Å²) in [6.07, 6.45) is 3.37. The van der Waals surface area contributed by atoms with E-state index in [-0.39, 0.29) is 17.3 Å². The second-order valence-electron chi connectivity index (χ2n) is 10.1. The molecule has 0 bridgehead atoms. The molecule has 1 atom stereocenters. The molecule has 4 aromatic rings. The summed E-state index contributed by atoms with van der Waals surface area (Å²) in [6, 6.07) is 7.14. The summed E-state index contributed by atoms with van der Waals surface area (Å²) in [4.78, 5) is 21.6. The summed E-state index contributed by atoms with van der Waals surface area (Å²) in [5.41, 5.74) is 2.47. The minimum Gasteiger partial charge on any atom is -0.363 e. The quantitative estimate of drug-likeness (QED) is 0.320. The minimum atomic E-state index is -0.316. The number of benzene rings is 1. The normalized spacial score (nSPS) is 16.1. The first-order valence-electron chi connectivity index (χ1n) is 11.9. The van der Waals surface area contributed by atoms with Crippen LogP contribution in [0.3, 0.4) is 0 Å². The summed E-state index contributed by atoms with van der Waals surface area (Å²) >= 11 is 0. The van der Waals surface area contributed by atoms with Crippen LogP contribution in [0.25, 0.3) is 22.2 Å². The Labute approximate surface area is 207 Å². The number of nitrogens with one attached hydrogen (secondary N) is 3. The van der Waals surface area contributed by atoms with Crippen molar-refractivity contribution < 1.29 is 13.7 Å². The number of hydrogen-bond acceptors (Lipinski definition) is 8. The Bertz CT molecular complexity index is 1380. The monoisotopic (exact) mass is 492 g/mol. The van der Waals surface area contributed by atoms with Crippen molar-refractivity contribution in [2.75, 3.05) is 18.4 Å². The number of amides is 1. The fourth-order valence-corrected chi connectivity index (χ4v) is 4.29. The maximum atomic E-state index is 15.1. The molecule has 0 radical (unpaired) electrons. The molecule has 5 rings (SSSR count). The molecule has 0 saturated carbocycles. The Hall–Kier alpha value is -3.86. The van der Waals surface area contributed by atoms with Crippen LogP contribution >= 0.6 is 0 Å². The van der Waals surface area contributed by atoms with Crippen molar-refractivity contribution in [1.82, 2.24) is 35.5 Å². The first kappa shape index (κ1) is 23.9. The van der Waals surface area contributed by atoms with Gasteiger partial charge in [-0.1, -0.05) is 38.1 Å². The fourth-order valence-electron chi connectivity index (χ4n) is 4.29. The summed E-state index contributed by atoms with van der Waals surface area (Å²) in [7, 11) is 0. The minimum absolute atomic E-state index is 0.0960. The van der Waals surface area contributed by atoms with E-state index in [1.165, 1.54) is 6.07 Å². The third-order valence-electron chi connectivity index (χ3n) is 6.24. The molecule has 0 aliphatic carbocycles. The van der Waals surface area contributed by atoms with Gasteiger partial charge in [0, 0.05) is 42.9 Å². The van der Waals surface area contributed by atoms with Crippen molar-refractivity contribution in [3.63, 3.8) is 0 Å². The van der Waals surface area contributed by atoms with Gasteiger partial charge >= 0.3 is 0 Å². The highest BCUT2D eigenvalue weighted by atomic mass is 19.1. The van der Waals surface area contributed by atoms with Gasteiger partial charge in [0.2, 0.25) is 12.3 Å². The summed E-state index contributed by atoms with van der Waals surface area (Å²) in [5.74, 6) is 1.44. The molecule has 36 heavy (non-hydrogen) atoms. The molecule has 1 fully saturated rings. The van der Waals surface area contributed by atoms with E-state index < -0.39 is 0 Å². The number of carbonyl (C=O) groups excluding carboxylic acids is 1. The molecule has 0 spiro atoms. The van der Waals surface area contributed by atoms with Gasteiger partial charge in [-0.05, 0) is 29.7 Å². The van der Waals surface area contributed by atoms with E-state index in [1.54, 1.807) is 17.2 Å². The summed E-state index contributed by atoms with van der Waals surface area (Å²) < 4.78 is 20.4. The molecule has 188 valence electrons. The first-order valence-corrected chi connectivity index (χ1v) is 11.9. The van der Waals surface area contributed by atoms with Crippen molar-refractivity contribution in [3.8, 4) is 11.1 Å². The highest BCUT2D eigenvalue weighted by Gasteiger charge is 2.24. The Balaban J connectivity index is 1.31. The Morgan fingerprint density at radius 1 is 1.28 bits per heavy atom. The van der Waals surface area contributed by atoms with Gasteiger partial charge in [0.25, 0.3) is 0 Å². The second-order valence-corrected chi connectivity index (χ2v) is 10.1. The number of aromatic amines is 1. The van der Waals surface area contributed by atoms with Crippen LogP contribution in [0, 0.1) is 5.82 Å². The first-order chi connectivity index (χ1) is 17.3. The fraction of sp³-hybridized carbons (Fsp3) is 0.400.